The fourth-order valence-corrected chi connectivity index (χ4v) is 3.47. The number of aryl methyl sites for hydroxylation is 1. The summed E-state index contributed by atoms with van der Waals surface area (Å²) in [6.45, 7) is 1.73. The molecule has 24 heavy (non-hydrogen) atoms. The molecule has 0 saturated carbocycles. The molecule has 0 aliphatic carbocycles. The number of aromatic nitrogens is 1. The Balaban J connectivity index is 2.16. The van der Waals surface area contributed by atoms with Gasteiger partial charge in [0.1, 0.15) is 22.2 Å². The van der Waals surface area contributed by atoms with E-state index in [4.69, 9.17) is 4.52 Å². The van der Waals surface area contributed by atoms with E-state index < -0.39 is 15.7 Å². The van der Waals surface area contributed by atoms with Crippen molar-refractivity contribution in [1.82, 2.24) is 5.16 Å². The second kappa shape index (κ2) is 6.14. The van der Waals surface area contributed by atoms with E-state index >= 15 is 0 Å². The zero-order valence-corrected chi connectivity index (χ0v) is 15.3. The molecular formula is C17H13BrFNO3S. The molecule has 1 heterocycles. The van der Waals surface area contributed by atoms with Crippen LogP contribution in [-0.4, -0.2) is 19.8 Å². The Morgan fingerprint density at radius 1 is 1.08 bits per heavy atom. The summed E-state index contributed by atoms with van der Waals surface area (Å²) in [7, 11) is -3.62. The molecule has 0 amide bonds. The van der Waals surface area contributed by atoms with Crippen molar-refractivity contribution in [2.45, 2.75) is 11.8 Å². The summed E-state index contributed by atoms with van der Waals surface area (Å²) in [5.41, 5.74) is 2.54. The van der Waals surface area contributed by atoms with E-state index in [-0.39, 0.29) is 4.90 Å². The molecule has 2 aromatic carbocycles. The molecule has 7 heteroatoms. The van der Waals surface area contributed by atoms with E-state index in [0.29, 0.717) is 22.6 Å². The fraction of sp³-hybridized carbons (Fsp3) is 0.118. The van der Waals surface area contributed by atoms with Gasteiger partial charge in [-0.3, -0.25) is 0 Å². The normalized spacial score (nSPS) is 11.7. The largest absolute Gasteiger partial charge is 0.360 e. The molecule has 3 rings (SSSR count). The van der Waals surface area contributed by atoms with Gasteiger partial charge in [0.25, 0.3) is 0 Å². The highest BCUT2D eigenvalue weighted by molar-refractivity contribution is 9.10. The molecule has 0 aliphatic rings. The van der Waals surface area contributed by atoms with Crippen LogP contribution in [-0.2, 0) is 9.84 Å². The third-order valence-corrected chi connectivity index (χ3v) is 5.26. The Labute approximate surface area is 147 Å². The van der Waals surface area contributed by atoms with E-state index in [2.05, 4.69) is 21.1 Å². The first kappa shape index (κ1) is 16.9. The molecule has 0 unspecified atom stereocenters. The maximum Gasteiger partial charge on any atom is 0.178 e. The molecule has 124 valence electrons. The Kier molecular flexibility index (Phi) is 4.31. The molecule has 0 spiro atoms. The van der Waals surface area contributed by atoms with Crippen LogP contribution in [0.3, 0.4) is 0 Å². The van der Waals surface area contributed by atoms with E-state index in [1.807, 2.05) is 24.3 Å². The van der Waals surface area contributed by atoms with Crippen molar-refractivity contribution < 1.29 is 17.3 Å². The van der Waals surface area contributed by atoms with Gasteiger partial charge >= 0.3 is 0 Å². The smallest absolute Gasteiger partial charge is 0.178 e. The van der Waals surface area contributed by atoms with Crippen LogP contribution in [0.4, 0.5) is 4.39 Å². The summed E-state index contributed by atoms with van der Waals surface area (Å²) >= 11 is 3.37. The maximum absolute atomic E-state index is 14.2. The molecule has 3 aromatic rings. The van der Waals surface area contributed by atoms with Crippen LogP contribution < -0.4 is 0 Å². The van der Waals surface area contributed by atoms with Crippen LogP contribution in [0.25, 0.3) is 22.4 Å². The molecule has 0 bridgehead atoms. The van der Waals surface area contributed by atoms with Gasteiger partial charge in [-0.2, -0.15) is 0 Å². The molecule has 0 saturated heterocycles. The first-order valence-corrected chi connectivity index (χ1v) is 9.68. The number of sulfone groups is 1. The minimum atomic E-state index is -3.62. The van der Waals surface area contributed by atoms with E-state index in [1.54, 1.807) is 13.0 Å². The lowest BCUT2D eigenvalue weighted by Crippen LogP contribution is -2.00. The molecule has 4 nitrogen and oxygen atoms in total. The van der Waals surface area contributed by atoms with Gasteiger partial charge in [-0.25, -0.2) is 12.8 Å². The zero-order chi connectivity index (χ0) is 17.5. The number of halogens is 2. The number of benzene rings is 2. The van der Waals surface area contributed by atoms with Crippen LogP contribution >= 0.6 is 15.9 Å². The van der Waals surface area contributed by atoms with E-state index in [1.165, 1.54) is 12.1 Å². The Morgan fingerprint density at radius 3 is 2.29 bits per heavy atom. The van der Waals surface area contributed by atoms with Gasteiger partial charge in [0, 0.05) is 16.3 Å². The molecular weight excluding hydrogens is 397 g/mol. The Bertz CT molecular complexity index is 1010. The summed E-state index contributed by atoms with van der Waals surface area (Å²) in [6.07, 6.45) is 0.975. The highest BCUT2D eigenvalue weighted by Gasteiger charge is 2.20. The number of hydrogen-bond acceptors (Lipinski definition) is 4. The minimum Gasteiger partial charge on any atom is -0.360 e. The monoisotopic (exact) mass is 409 g/mol. The van der Waals surface area contributed by atoms with Gasteiger partial charge in [0.2, 0.25) is 0 Å². The van der Waals surface area contributed by atoms with Gasteiger partial charge in [0.05, 0.1) is 5.56 Å². The summed E-state index contributed by atoms with van der Waals surface area (Å²) in [5.74, 6) is -0.267. The van der Waals surface area contributed by atoms with Crippen molar-refractivity contribution in [2.24, 2.45) is 0 Å². The van der Waals surface area contributed by atoms with Crippen molar-refractivity contribution in [2.75, 3.05) is 6.26 Å². The predicted octanol–water partition coefficient (Wildman–Crippen LogP) is 4.62. The first-order chi connectivity index (χ1) is 11.3. The van der Waals surface area contributed by atoms with Crippen LogP contribution in [0.2, 0.25) is 0 Å². The van der Waals surface area contributed by atoms with Crippen LogP contribution in [0.1, 0.15) is 5.76 Å². The van der Waals surface area contributed by atoms with Crippen molar-refractivity contribution in [3.05, 3.63) is 58.5 Å². The molecule has 0 aliphatic heterocycles. The van der Waals surface area contributed by atoms with Crippen molar-refractivity contribution >= 4 is 25.8 Å². The molecule has 0 fully saturated rings. The third-order valence-electron chi connectivity index (χ3n) is 3.60. The first-order valence-electron chi connectivity index (χ1n) is 6.99. The van der Waals surface area contributed by atoms with Crippen molar-refractivity contribution in [3.8, 4) is 22.4 Å². The summed E-state index contributed by atoms with van der Waals surface area (Å²) < 4.78 is 43.5. The summed E-state index contributed by atoms with van der Waals surface area (Å²) in [5, 5.41) is 4.06. The Morgan fingerprint density at radius 2 is 1.71 bits per heavy atom. The number of nitrogens with zero attached hydrogens (tertiary/aromatic N) is 1. The minimum absolute atomic E-state index is 0.328. The molecule has 1 aromatic heterocycles. The Hall–Kier alpha value is -1.99. The van der Waals surface area contributed by atoms with Crippen LogP contribution in [0, 0.1) is 12.7 Å². The lowest BCUT2D eigenvalue weighted by atomic mass is 9.99. The van der Waals surface area contributed by atoms with Gasteiger partial charge in [-0.15, -0.1) is 0 Å². The second-order valence-electron chi connectivity index (χ2n) is 5.39. The molecule has 0 N–H and O–H groups in total. The fourth-order valence-electron chi connectivity index (χ4n) is 2.47. The maximum atomic E-state index is 14.2. The average molecular weight is 410 g/mol. The van der Waals surface area contributed by atoms with Crippen LogP contribution in [0.15, 0.2) is 56.4 Å². The third kappa shape index (κ3) is 3.14. The van der Waals surface area contributed by atoms with Crippen LogP contribution in [0.5, 0.6) is 0 Å². The van der Waals surface area contributed by atoms with Gasteiger partial charge in [-0.05, 0) is 36.8 Å². The predicted molar refractivity (Wildman–Crippen MR) is 92.9 cm³/mol. The number of rotatable bonds is 3. The lowest BCUT2D eigenvalue weighted by molar-refractivity contribution is 0.400. The van der Waals surface area contributed by atoms with E-state index in [0.717, 1.165) is 16.3 Å². The lowest BCUT2D eigenvalue weighted by Gasteiger charge is -2.06. The summed E-state index contributed by atoms with van der Waals surface area (Å²) in [6, 6.07) is 11.5. The zero-order valence-electron chi connectivity index (χ0n) is 12.9. The van der Waals surface area contributed by atoms with Crippen molar-refractivity contribution in [3.63, 3.8) is 0 Å². The SMILES string of the molecule is Cc1onc(-c2ccc(Br)cc2)c1-c1ccc(S(C)(=O)=O)c(F)c1. The standard InChI is InChI=1S/C17H13BrFNO3S/c1-10-16(12-5-8-15(14(19)9-12)24(2,21)22)17(20-23-10)11-3-6-13(18)7-4-11/h3-9H,1-2H3. The van der Waals surface area contributed by atoms with E-state index in [9.17, 15) is 12.8 Å². The molecule has 0 atom stereocenters. The highest BCUT2D eigenvalue weighted by Crippen LogP contribution is 2.35. The average Bonchev–Trinajstić information content (AvgIpc) is 2.88. The van der Waals surface area contributed by atoms with Gasteiger partial charge in [-0.1, -0.05) is 39.3 Å². The van der Waals surface area contributed by atoms with Gasteiger partial charge < -0.3 is 4.52 Å². The van der Waals surface area contributed by atoms with Gasteiger partial charge in [0.15, 0.2) is 9.84 Å². The van der Waals surface area contributed by atoms with Crippen molar-refractivity contribution in [1.29, 1.82) is 0 Å². The highest BCUT2D eigenvalue weighted by atomic mass is 79.9. The second-order valence-corrected chi connectivity index (χ2v) is 8.29. The number of hydrogen-bond donors (Lipinski definition) is 0. The summed E-state index contributed by atoms with van der Waals surface area (Å²) in [4.78, 5) is -0.328. The topological polar surface area (TPSA) is 60.2 Å². The quantitative estimate of drug-likeness (QED) is 0.632. The molecule has 0 radical (unpaired) electrons.